The van der Waals surface area contributed by atoms with E-state index < -0.39 is 0 Å². The van der Waals surface area contributed by atoms with Crippen LogP contribution in [0.5, 0.6) is 0 Å². The average Bonchev–Trinajstić information content (AvgIpc) is 3.24. The molecule has 1 N–H and O–H groups in total. The summed E-state index contributed by atoms with van der Waals surface area (Å²) in [6.45, 7) is 6.10. The molecule has 1 atom stereocenters. The minimum atomic E-state index is 0.222. The number of aromatic nitrogens is 1. The Morgan fingerprint density at radius 3 is 2.95 bits per heavy atom. The molecule has 1 aliphatic heterocycles. The molecule has 0 bridgehead atoms. The molecule has 3 rings (SSSR count). The summed E-state index contributed by atoms with van der Waals surface area (Å²) in [6, 6.07) is 4.57. The van der Waals surface area contributed by atoms with E-state index in [1.54, 1.807) is 0 Å². The zero-order valence-corrected chi connectivity index (χ0v) is 13.1. The Bertz CT molecular complexity index is 472. The molecule has 1 saturated carbocycles. The van der Waals surface area contributed by atoms with Crippen LogP contribution in [0.1, 0.15) is 55.6 Å². The lowest BCUT2D eigenvalue weighted by molar-refractivity contribution is 0.0707. The van der Waals surface area contributed by atoms with Crippen molar-refractivity contribution in [2.75, 3.05) is 26.2 Å². The Balaban J connectivity index is 1.69. The molecule has 2 aliphatic rings. The predicted octanol–water partition coefficient (Wildman–Crippen LogP) is 2.67. The normalized spacial score (nSPS) is 22.2. The molecule has 4 heteroatoms. The van der Waals surface area contributed by atoms with E-state index in [-0.39, 0.29) is 5.91 Å². The van der Waals surface area contributed by atoms with Crippen molar-refractivity contribution in [3.05, 3.63) is 24.0 Å². The van der Waals surface area contributed by atoms with Crippen LogP contribution in [0.2, 0.25) is 0 Å². The van der Waals surface area contributed by atoms with Crippen LogP contribution in [0.4, 0.5) is 0 Å². The zero-order valence-electron chi connectivity index (χ0n) is 13.1. The van der Waals surface area contributed by atoms with Crippen molar-refractivity contribution in [1.29, 1.82) is 0 Å². The molecule has 1 amide bonds. The summed E-state index contributed by atoms with van der Waals surface area (Å²) in [5, 5.41) is 3.45. The van der Waals surface area contributed by atoms with E-state index in [1.165, 1.54) is 25.7 Å². The summed E-state index contributed by atoms with van der Waals surface area (Å²) >= 11 is 0. The van der Waals surface area contributed by atoms with Gasteiger partial charge in [0, 0.05) is 25.3 Å². The first-order valence-corrected chi connectivity index (χ1v) is 8.46. The maximum Gasteiger partial charge on any atom is 0.270 e. The third-order valence-corrected chi connectivity index (χ3v) is 4.60. The first-order valence-electron chi connectivity index (χ1n) is 8.46. The fraction of sp³-hybridized carbons (Fsp3) is 0.706. The quantitative estimate of drug-likeness (QED) is 0.874. The number of carbonyl (C=O) groups excluding carboxylic acids is 1. The molecule has 1 aliphatic carbocycles. The van der Waals surface area contributed by atoms with Gasteiger partial charge in [0.15, 0.2) is 0 Å². The van der Waals surface area contributed by atoms with Gasteiger partial charge in [-0.2, -0.15) is 0 Å². The minimum Gasteiger partial charge on any atom is -0.340 e. The number of hydrogen-bond donors (Lipinski definition) is 1. The number of carbonyl (C=O) groups is 1. The number of hydrogen-bond acceptors (Lipinski definition) is 2. The van der Waals surface area contributed by atoms with Gasteiger partial charge in [-0.1, -0.05) is 6.92 Å². The van der Waals surface area contributed by atoms with Crippen LogP contribution in [-0.2, 0) is 0 Å². The van der Waals surface area contributed by atoms with E-state index in [4.69, 9.17) is 0 Å². The van der Waals surface area contributed by atoms with Gasteiger partial charge < -0.3 is 14.8 Å². The van der Waals surface area contributed by atoms with Crippen LogP contribution in [-0.4, -0.2) is 41.6 Å². The van der Waals surface area contributed by atoms with Crippen molar-refractivity contribution in [2.24, 2.45) is 5.92 Å². The Hall–Kier alpha value is -1.29. The maximum atomic E-state index is 12.9. The van der Waals surface area contributed by atoms with E-state index in [2.05, 4.69) is 27.9 Å². The molecule has 0 spiro atoms. The second-order valence-electron chi connectivity index (χ2n) is 6.50. The van der Waals surface area contributed by atoms with Gasteiger partial charge in [-0.05, 0) is 63.2 Å². The smallest absolute Gasteiger partial charge is 0.270 e. The molecular formula is C17H27N3O. The van der Waals surface area contributed by atoms with Crippen molar-refractivity contribution >= 4 is 5.91 Å². The second-order valence-corrected chi connectivity index (χ2v) is 6.50. The Morgan fingerprint density at radius 1 is 1.43 bits per heavy atom. The Morgan fingerprint density at radius 2 is 2.29 bits per heavy atom. The molecule has 1 aromatic rings. The van der Waals surface area contributed by atoms with Crippen LogP contribution in [0.3, 0.4) is 0 Å². The summed E-state index contributed by atoms with van der Waals surface area (Å²) in [7, 11) is 0. The molecule has 4 nitrogen and oxygen atoms in total. The summed E-state index contributed by atoms with van der Waals surface area (Å²) in [6.07, 6.45) is 8.00. The molecule has 1 saturated heterocycles. The van der Waals surface area contributed by atoms with Gasteiger partial charge in [-0.3, -0.25) is 4.79 Å². The number of piperidine rings is 1. The van der Waals surface area contributed by atoms with E-state index in [0.29, 0.717) is 12.0 Å². The molecule has 1 aromatic heterocycles. The van der Waals surface area contributed by atoms with Crippen molar-refractivity contribution in [3.8, 4) is 0 Å². The largest absolute Gasteiger partial charge is 0.340 e. The Kier molecular flexibility index (Phi) is 4.63. The van der Waals surface area contributed by atoms with Gasteiger partial charge in [0.1, 0.15) is 5.69 Å². The SMILES string of the molecule is CCCN(CC1CCCNC1)C(=O)c1cccn1C1CC1. The summed E-state index contributed by atoms with van der Waals surface area (Å²) in [5.74, 6) is 0.831. The fourth-order valence-corrected chi connectivity index (χ4v) is 3.35. The van der Waals surface area contributed by atoms with Crippen molar-refractivity contribution in [1.82, 2.24) is 14.8 Å². The van der Waals surface area contributed by atoms with Crippen LogP contribution in [0, 0.1) is 5.92 Å². The van der Waals surface area contributed by atoms with Crippen LogP contribution in [0.15, 0.2) is 18.3 Å². The average molecular weight is 289 g/mol. The highest BCUT2D eigenvalue weighted by Crippen LogP contribution is 2.36. The van der Waals surface area contributed by atoms with E-state index >= 15 is 0 Å². The number of amides is 1. The van der Waals surface area contributed by atoms with Gasteiger partial charge in [-0.15, -0.1) is 0 Å². The van der Waals surface area contributed by atoms with Crippen LogP contribution < -0.4 is 5.32 Å². The predicted molar refractivity (Wildman–Crippen MR) is 84.5 cm³/mol. The lowest BCUT2D eigenvalue weighted by atomic mass is 9.99. The summed E-state index contributed by atoms with van der Waals surface area (Å²) < 4.78 is 2.18. The summed E-state index contributed by atoms with van der Waals surface area (Å²) in [4.78, 5) is 15.0. The van der Waals surface area contributed by atoms with Crippen LogP contribution >= 0.6 is 0 Å². The minimum absolute atomic E-state index is 0.222. The first-order chi connectivity index (χ1) is 10.3. The number of nitrogens with zero attached hydrogens (tertiary/aromatic N) is 2. The molecule has 21 heavy (non-hydrogen) atoms. The van der Waals surface area contributed by atoms with Gasteiger partial charge in [-0.25, -0.2) is 0 Å². The molecule has 2 heterocycles. The topological polar surface area (TPSA) is 37.3 Å². The monoisotopic (exact) mass is 289 g/mol. The number of nitrogens with one attached hydrogen (secondary N) is 1. The molecular weight excluding hydrogens is 262 g/mol. The molecule has 2 fully saturated rings. The fourth-order valence-electron chi connectivity index (χ4n) is 3.35. The van der Waals surface area contributed by atoms with Crippen molar-refractivity contribution in [3.63, 3.8) is 0 Å². The van der Waals surface area contributed by atoms with Gasteiger partial charge >= 0.3 is 0 Å². The number of rotatable bonds is 6. The molecule has 116 valence electrons. The van der Waals surface area contributed by atoms with E-state index in [9.17, 15) is 4.79 Å². The highest BCUT2D eigenvalue weighted by Gasteiger charge is 2.29. The third-order valence-electron chi connectivity index (χ3n) is 4.60. The van der Waals surface area contributed by atoms with E-state index in [1.807, 2.05) is 12.1 Å². The molecule has 0 radical (unpaired) electrons. The molecule has 1 unspecified atom stereocenters. The maximum absolute atomic E-state index is 12.9. The Labute approximate surface area is 127 Å². The van der Waals surface area contributed by atoms with Crippen molar-refractivity contribution in [2.45, 2.75) is 45.1 Å². The van der Waals surface area contributed by atoms with Gasteiger partial charge in [0.2, 0.25) is 0 Å². The second kappa shape index (κ2) is 6.65. The lowest BCUT2D eigenvalue weighted by Crippen LogP contribution is -2.41. The molecule has 0 aromatic carbocycles. The van der Waals surface area contributed by atoms with E-state index in [0.717, 1.165) is 38.3 Å². The highest BCUT2D eigenvalue weighted by atomic mass is 16.2. The van der Waals surface area contributed by atoms with Crippen LogP contribution in [0.25, 0.3) is 0 Å². The standard InChI is InChI=1S/C17H27N3O/c1-2-10-19(13-14-5-3-9-18-12-14)17(21)16-6-4-11-20(16)15-7-8-15/h4,6,11,14-15,18H,2-3,5,7-10,12-13H2,1H3. The first kappa shape index (κ1) is 14.6. The van der Waals surface area contributed by atoms with Gasteiger partial charge in [0.05, 0.1) is 0 Å². The van der Waals surface area contributed by atoms with Gasteiger partial charge in [0.25, 0.3) is 5.91 Å². The third kappa shape index (κ3) is 3.49. The lowest BCUT2D eigenvalue weighted by Gasteiger charge is -2.30. The highest BCUT2D eigenvalue weighted by molar-refractivity contribution is 5.92. The summed E-state index contributed by atoms with van der Waals surface area (Å²) in [5.41, 5.74) is 0.884. The van der Waals surface area contributed by atoms with Crippen molar-refractivity contribution < 1.29 is 4.79 Å². The zero-order chi connectivity index (χ0) is 14.7.